The first-order valence-electron chi connectivity index (χ1n) is 13.5. The molecule has 0 spiro atoms. The minimum absolute atomic E-state index is 0.0283. The van der Waals surface area contributed by atoms with Crippen LogP contribution in [0.5, 0.6) is 0 Å². The van der Waals surface area contributed by atoms with Crippen molar-refractivity contribution in [3.63, 3.8) is 0 Å². The molecule has 0 saturated heterocycles. The fourth-order valence-electron chi connectivity index (χ4n) is 6.85. The zero-order valence-electron chi connectivity index (χ0n) is 21.4. The third kappa shape index (κ3) is 4.20. The van der Waals surface area contributed by atoms with Gasteiger partial charge in [0.05, 0.1) is 10.9 Å². The molecule has 6 rings (SSSR count). The zero-order chi connectivity index (χ0) is 25.0. The van der Waals surface area contributed by atoms with Gasteiger partial charge in [-0.1, -0.05) is 85.6 Å². The third-order valence-corrected chi connectivity index (χ3v) is 9.67. The van der Waals surface area contributed by atoms with E-state index in [1.807, 2.05) is 0 Å². The molecule has 4 heteroatoms. The van der Waals surface area contributed by atoms with Gasteiger partial charge in [0.25, 0.3) is 0 Å². The molecule has 1 saturated carbocycles. The normalized spacial score (nSPS) is 26.6. The number of hydrogen-bond donors (Lipinski definition) is 0. The largest absolute Gasteiger partial charge is 0.455 e. The number of alkyl halides is 1. The number of fused-ring (bicyclic) bond motifs is 2. The monoisotopic (exact) mass is 546 g/mol. The van der Waals surface area contributed by atoms with Crippen LogP contribution in [0.3, 0.4) is 0 Å². The predicted octanol–water partition coefficient (Wildman–Crippen LogP) is 8.36. The number of carbonyl (C=O) groups is 1. The first-order chi connectivity index (χ1) is 17.4. The van der Waals surface area contributed by atoms with Crippen molar-refractivity contribution in [3.05, 3.63) is 59.7 Å². The number of esters is 1. The van der Waals surface area contributed by atoms with Gasteiger partial charge in [-0.15, -0.1) is 0 Å². The maximum absolute atomic E-state index is 13.1. The summed E-state index contributed by atoms with van der Waals surface area (Å²) < 4.78 is 12.4. The van der Waals surface area contributed by atoms with Crippen molar-refractivity contribution in [2.24, 2.45) is 17.8 Å². The summed E-state index contributed by atoms with van der Waals surface area (Å²) >= 11 is 3.84. The molecule has 0 bridgehead atoms. The number of benzene rings is 4. The van der Waals surface area contributed by atoms with Crippen molar-refractivity contribution in [3.8, 4) is 0 Å². The molecule has 2 aliphatic rings. The molecule has 3 nitrogen and oxygen atoms in total. The molecule has 4 aromatic carbocycles. The highest BCUT2D eigenvalue weighted by Crippen LogP contribution is 2.45. The lowest BCUT2D eigenvalue weighted by Gasteiger charge is -2.37. The van der Waals surface area contributed by atoms with Gasteiger partial charge in [0.15, 0.2) is 0 Å². The van der Waals surface area contributed by atoms with E-state index in [9.17, 15) is 4.79 Å². The molecule has 188 valence electrons. The minimum Gasteiger partial charge on any atom is -0.455 e. The number of ether oxygens (including phenoxy) is 2. The van der Waals surface area contributed by atoms with Crippen LogP contribution in [0, 0.1) is 17.8 Å². The Hall–Kier alpha value is -2.17. The van der Waals surface area contributed by atoms with Crippen LogP contribution in [-0.4, -0.2) is 23.5 Å². The Balaban J connectivity index is 1.28. The summed E-state index contributed by atoms with van der Waals surface area (Å²) in [6.45, 7) is 6.85. The highest BCUT2D eigenvalue weighted by Gasteiger charge is 2.35. The van der Waals surface area contributed by atoms with Crippen LogP contribution in [0.1, 0.15) is 63.7 Å². The topological polar surface area (TPSA) is 35.5 Å². The minimum atomic E-state index is -0.307. The van der Waals surface area contributed by atoms with E-state index in [0.29, 0.717) is 17.8 Å². The molecule has 0 aliphatic heterocycles. The molecular formula is C32H35BrO3. The van der Waals surface area contributed by atoms with Gasteiger partial charge in [0, 0.05) is 0 Å². The van der Waals surface area contributed by atoms with Crippen molar-refractivity contribution in [1.82, 2.24) is 0 Å². The van der Waals surface area contributed by atoms with Crippen LogP contribution >= 0.6 is 15.9 Å². The molecule has 5 atom stereocenters. The lowest BCUT2D eigenvalue weighted by molar-refractivity contribution is -0.160. The number of hydrogen-bond acceptors (Lipinski definition) is 3. The Morgan fingerprint density at radius 3 is 2.53 bits per heavy atom. The van der Waals surface area contributed by atoms with Crippen LogP contribution < -0.4 is 0 Å². The zero-order valence-corrected chi connectivity index (χ0v) is 23.0. The Morgan fingerprint density at radius 2 is 1.75 bits per heavy atom. The van der Waals surface area contributed by atoms with Gasteiger partial charge in [0.1, 0.15) is 12.7 Å². The Morgan fingerprint density at radius 1 is 1.00 bits per heavy atom. The van der Waals surface area contributed by atoms with E-state index in [-0.39, 0.29) is 29.6 Å². The third-order valence-electron chi connectivity index (χ3n) is 8.73. The molecule has 4 aromatic rings. The molecular weight excluding hydrogens is 512 g/mol. The maximum atomic E-state index is 13.1. The van der Waals surface area contributed by atoms with E-state index < -0.39 is 0 Å². The van der Waals surface area contributed by atoms with Crippen LogP contribution in [-0.2, 0) is 20.7 Å². The van der Waals surface area contributed by atoms with Crippen molar-refractivity contribution < 1.29 is 14.3 Å². The SMILES string of the molecule is CC1CCC(C(C)C)C(OCC(=O)OC2c3cc4ccc5cccc6ccc(c3CCC2Br)c4c56)C1. The second kappa shape index (κ2) is 9.61. The van der Waals surface area contributed by atoms with Crippen molar-refractivity contribution >= 4 is 54.2 Å². The lowest BCUT2D eigenvalue weighted by atomic mass is 9.75. The number of carbonyl (C=O) groups excluding carboxylic acids is 1. The Labute approximate surface area is 222 Å². The van der Waals surface area contributed by atoms with E-state index in [0.717, 1.165) is 24.8 Å². The van der Waals surface area contributed by atoms with Crippen molar-refractivity contribution in [2.45, 2.75) is 69.9 Å². The lowest BCUT2D eigenvalue weighted by Crippen LogP contribution is -2.36. The van der Waals surface area contributed by atoms with E-state index in [4.69, 9.17) is 9.47 Å². The van der Waals surface area contributed by atoms with Crippen LogP contribution in [0.15, 0.2) is 48.5 Å². The molecule has 1 fully saturated rings. The first-order valence-corrected chi connectivity index (χ1v) is 14.5. The summed E-state index contributed by atoms with van der Waals surface area (Å²) in [4.78, 5) is 13.2. The first kappa shape index (κ1) is 24.2. The summed E-state index contributed by atoms with van der Waals surface area (Å²) in [7, 11) is 0. The van der Waals surface area contributed by atoms with Gasteiger partial charge < -0.3 is 9.47 Å². The molecule has 0 amide bonds. The van der Waals surface area contributed by atoms with Gasteiger partial charge in [-0.2, -0.15) is 0 Å². The van der Waals surface area contributed by atoms with E-state index >= 15 is 0 Å². The Bertz CT molecular complexity index is 1390. The fraction of sp³-hybridized carbons (Fsp3) is 0.469. The summed E-state index contributed by atoms with van der Waals surface area (Å²) in [5, 5.41) is 7.71. The Kier molecular flexibility index (Phi) is 6.46. The summed E-state index contributed by atoms with van der Waals surface area (Å²) in [5.74, 6) is 1.46. The van der Waals surface area contributed by atoms with Crippen LogP contribution in [0.4, 0.5) is 0 Å². The van der Waals surface area contributed by atoms with Gasteiger partial charge in [-0.25, -0.2) is 4.79 Å². The van der Waals surface area contributed by atoms with E-state index in [1.54, 1.807) is 0 Å². The van der Waals surface area contributed by atoms with Crippen molar-refractivity contribution in [2.75, 3.05) is 6.61 Å². The maximum Gasteiger partial charge on any atom is 0.332 e. The summed E-state index contributed by atoms with van der Waals surface area (Å²) in [6.07, 6.45) is 5.20. The van der Waals surface area contributed by atoms with Crippen molar-refractivity contribution in [1.29, 1.82) is 0 Å². The molecule has 5 unspecified atom stereocenters. The van der Waals surface area contributed by atoms with Gasteiger partial charge in [-0.05, 0) is 92.9 Å². The molecule has 0 radical (unpaired) electrons. The average Bonchev–Trinajstić information content (AvgIpc) is 2.87. The molecule has 0 N–H and O–H groups in total. The number of aryl methyl sites for hydroxylation is 1. The van der Waals surface area contributed by atoms with Gasteiger partial charge >= 0.3 is 5.97 Å². The van der Waals surface area contributed by atoms with Gasteiger partial charge in [-0.3, -0.25) is 0 Å². The second-order valence-electron chi connectivity index (χ2n) is 11.4. The highest BCUT2D eigenvalue weighted by atomic mass is 79.9. The second-order valence-corrected chi connectivity index (χ2v) is 12.6. The molecule has 2 aliphatic carbocycles. The summed E-state index contributed by atoms with van der Waals surface area (Å²) in [6, 6.07) is 17.7. The number of rotatable bonds is 5. The van der Waals surface area contributed by atoms with Crippen LogP contribution in [0.25, 0.3) is 32.3 Å². The summed E-state index contributed by atoms with van der Waals surface area (Å²) in [5.41, 5.74) is 2.45. The fourth-order valence-corrected chi connectivity index (χ4v) is 7.47. The standard InChI is InChI=1S/C32H35BrO3/c1-18(2)23-11-7-19(3)15-28(23)35-17-29(34)36-32-26-16-22-9-8-20-5-4-6-21-10-12-25(31(22)30(20)21)24(26)13-14-27(32)33/h4-6,8-10,12,16,18-19,23,27-28,32H,7,11,13-15,17H2,1-3H3. The number of halogens is 1. The smallest absolute Gasteiger partial charge is 0.332 e. The van der Waals surface area contributed by atoms with E-state index in [2.05, 4.69) is 85.2 Å². The molecule has 0 heterocycles. The predicted molar refractivity (Wildman–Crippen MR) is 151 cm³/mol. The molecule has 36 heavy (non-hydrogen) atoms. The quantitative estimate of drug-likeness (QED) is 0.143. The average molecular weight is 548 g/mol. The van der Waals surface area contributed by atoms with E-state index in [1.165, 1.54) is 50.7 Å². The highest BCUT2D eigenvalue weighted by molar-refractivity contribution is 9.09. The molecule has 0 aromatic heterocycles. The van der Waals surface area contributed by atoms with Gasteiger partial charge in [0.2, 0.25) is 0 Å². The van der Waals surface area contributed by atoms with Crippen LogP contribution in [0.2, 0.25) is 0 Å².